The zero-order valence-electron chi connectivity index (χ0n) is 66.9. The highest BCUT2D eigenvalue weighted by Gasteiger charge is 2.45. The van der Waals surface area contributed by atoms with Crippen molar-refractivity contribution < 1.29 is 107 Å². The summed E-state index contributed by atoms with van der Waals surface area (Å²) in [7, 11) is 2.47. The lowest BCUT2D eigenvalue weighted by Crippen LogP contribution is -2.61. The van der Waals surface area contributed by atoms with E-state index in [2.05, 4.69) is 58.5 Å². The molecule has 119 heavy (non-hydrogen) atoms. The lowest BCUT2D eigenvalue weighted by Gasteiger charge is -2.38. The Morgan fingerprint density at radius 3 is 1.88 bits per heavy atom. The number of amides is 16. The molecule has 16 amide bonds. The van der Waals surface area contributed by atoms with Crippen LogP contribution in [-0.4, -0.2) is 308 Å². The number of aliphatic hydroxyl groups is 1. The largest absolute Gasteiger partial charge is 0.508 e. The summed E-state index contributed by atoms with van der Waals surface area (Å²) >= 11 is 0.695. The third kappa shape index (κ3) is 28.5. The first-order chi connectivity index (χ1) is 56.7. The molecule has 5 heterocycles. The predicted octanol–water partition coefficient (Wildman–Crippen LogP) is -5.42. The van der Waals surface area contributed by atoms with Crippen molar-refractivity contribution in [3.63, 3.8) is 0 Å². The van der Waals surface area contributed by atoms with E-state index in [9.17, 15) is 102 Å². The highest BCUT2D eigenvalue weighted by atomic mass is 32.2. The van der Waals surface area contributed by atoms with E-state index in [1.165, 1.54) is 38.4 Å². The third-order valence-corrected chi connectivity index (χ3v) is 21.9. The fraction of sp³-hybridized carbons (Fsp3) is 0.584. The summed E-state index contributed by atoms with van der Waals surface area (Å²) in [5, 5.41) is 69.7. The molecule has 7 rings (SSSR count). The highest BCUT2D eigenvalue weighted by Crippen LogP contribution is 2.29. The molecule has 0 unspecified atom stereocenters. The number of carbonyl (C=O) groups is 18. The average molecular weight is 1690 g/mol. The van der Waals surface area contributed by atoms with Crippen LogP contribution < -0.4 is 75.7 Å². The minimum absolute atomic E-state index is 0.00838. The number of aliphatic carboxylic acids is 2. The third-order valence-electron chi connectivity index (χ3n) is 20.9. The molecule has 21 N–H and O–H groups in total. The number of para-hydroxylation sites is 1. The number of anilines is 1. The first-order valence-corrected chi connectivity index (χ1v) is 40.9. The Hall–Kier alpha value is -11.7. The Bertz CT molecular complexity index is 4060. The van der Waals surface area contributed by atoms with Crippen molar-refractivity contribution in [2.45, 2.75) is 201 Å². The van der Waals surface area contributed by atoms with E-state index in [0.717, 1.165) is 24.5 Å². The average Bonchev–Trinajstić information content (AvgIpc) is 1.80. The zero-order valence-corrected chi connectivity index (χ0v) is 67.7. The van der Waals surface area contributed by atoms with Crippen molar-refractivity contribution in [1.82, 2.24) is 83.0 Å². The van der Waals surface area contributed by atoms with Crippen LogP contribution >= 0.6 is 11.8 Å². The van der Waals surface area contributed by atoms with E-state index in [4.69, 9.17) is 17.2 Å². The number of hydrogen-bond acceptors (Lipinski definition) is 24. The topological polar surface area (TPSA) is 615 Å². The Morgan fingerprint density at radius 1 is 0.597 bits per heavy atom. The van der Waals surface area contributed by atoms with Crippen molar-refractivity contribution in [2.75, 3.05) is 90.2 Å². The number of aliphatic hydroxyl groups excluding tert-OH is 1. The maximum Gasteiger partial charge on any atom is 0.305 e. The van der Waals surface area contributed by atoms with E-state index in [1.54, 1.807) is 37.4 Å². The second-order valence-corrected chi connectivity index (χ2v) is 31.0. The van der Waals surface area contributed by atoms with Crippen LogP contribution in [0.25, 0.3) is 5.57 Å². The van der Waals surface area contributed by atoms with Gasteiger partial charge >= 0.3 is 11.9 Å². The first-order valence-electron chi connectivity index (χ1n) is 39.8. The number of likely N-dealkylation sites (N-methyl/N-ethyl adjacent to an activating group) is 2. The van der Waals surface area contributed by atoms with Gasteiger partial charge in [0.2, 0.25) is 94.5 Å². The molecule has 5 aliphatic rings. The number of benzene rings is 2. The lowest BCUT2D eigenvalue weighted by atomic mass is 9.96. The molecule has 2 aromatic carbocycles. The number of aromatic hydroxyl groups is 1. The smallest absolute Gasteiger partial charge is 0.305 e. The normalized spacial score (nSPS) is 26.3. The van der Waals surface area contributed by atoms with E-state index in [-0.39, 0.29) is 96.0 Å². The van der Waals surface area contributed by atoms with Gasteiger partial charge in [-0.05, 0) is 113 Å². The fourth-order valence-corrected chi connectivity index (χ4v) is 15.5. The van der Waals surface area contributed by atoms with Gasteiger partial charge in [0.1, 0.15) is 72.2 Å². The molecular weight excluding hydrogens is 1580 g/mol. The number of carbonyl (C=O) groups excluding carboxylic acids is 16. The van der Waals surface area contributed by atoms with Gasteiger partial charge in [0, 0.05) is 82.7 Å². The molecule has 2 aromatic rings. The number of fused-ring (bicyclic) bond motifs is 6. The van der Waals surface area contributed by atoms with Crippen LogP contribution in [0.1, 0.15) is 134 Å². The number of carboxylic acid groups (broad SMARTS) is 2. The van der Waals surface area contributed by atoms with Crippen LogP contribution in [0.2, 0.25) is 0 Å². The van der Waals surface area contributed by atoms with Gasteiger partial charge in [-0.1, -0.05) is 50.1 Å². The lowest BCUT2D eigenvalue weighted by molar-refractivity contribution is -0.149. The Labute approximate surface area is 691 Å². The molecule has 42 heteroatoms. The van der Waals surface area contributed by atoms with E-state index in [1.807, 2.05) is 0 Å². The Kier molecular flexibility index (Phi) is 36.9. The molecule has 0 radical (unpaired) electrons. The van der Waals surface area contributed by atoms with Crippen LogP contribution in [0.3, 0.4) is 0 Å². The SMILES string of the molecule is CCCC[C@H]1C(=O)N[C@@H](CC(=O)O)C(=O)N[C@H](C(=O)NCC(N)=O)CSCC(=O)N[C@@H](Cc2ccc(O)cc2)C(=O)N2CCCC[C@H]2C(=O)N[C@@H](CC(=O)O)C(=O)N2CCC[C@H]2C(=O)NCC(=O)N[C@@H](CCCCN)C(=O)N2C[C@H](O)C[C@H]2C(=O)NCC(=O)N[C@H]2CCCCN/C=C(\c3ccccc3N)C[C@H](NC2=O)C(=O)N(C)CC(=O)N1C. The number of rotatable bonds is 17. The van der Waals surface area contributed by atoms with Crippen molar-refractivity contribution in [1.29, 1.82) is 0 Å². The number of phenols is 1. The van der Waals surface area contributed by atoms with Crippen LogP contribution in [-0.2, 0) is 92.7 Å². The highest BCUT2D eigenvalue weighted by molar-refractivity contribution is 8.00. The number of primary amides is 1. The van der Waals surface area contributed by atoms with Gasteiger partial charge in [-0.2, -0.15) is 0 Å². The molecule has 0 saturated carbocycles. The number of nitrogens with two attached hydrogens (primary N) is 3. The van der Waals surface area contributed by atoms with Gasteiger partial charge in [0.05, 0.1) is 50.9 Å². The van der Waals surface area contributed by atoms with Crippen molar-refractivity contribution in [3.8, 4) is 5.75 Å². The number of piperidine rings is 1. The summed E-state index contributed by atoms with van der Waals surface area (Å²) in [6.07, 6.45) is 0.193. The van der Waals surface area contributed by atoms with E-state index in [0.29, 0.717) is 79.2 Å². The number of nitrogens with one attached hydrogen (secondary N) is 11. The van der Waals surface area contributed by atoms with Crippen LogP contribution in [0, 0.1) is 0 Å². The number of carboxylic acids is 2. The molecule has 0 spiro atoms. The molecule has 0 aromatic heterocycles. The summed E-state index contributed by atoms with van der Waals surface area (Å²) in [5.74, 6) is -19.6. The minimum Gasteiger partial charge on any atom is -0.508 e. The summed E-state index contributed by atoms with van der Waals surface area (Å²) in [5.41, 5.74) is 19.2. The second kappa shape index (κ2) is 46.5. The summed E-state index contributed by atoms with van der Waals surface area (Å²) in [6, 6.07) is -4.76. The molecular formula is C77H111N19O22S. The van der Waals surface area contributed by atoms with Gasteiger partial charge in [-0.3, -0.25) is 86.3 Å². The molecule has 652 valence electrons. The summed E-state index contributed by atoms with van der Waals surface area (Å²) < 4.78 is 0. The van der Waals surface area contributed by atoms with Crippen molar-refractivity contribution in [2.24, 2.45) is 11.5 Å². The van der Waals surface area contributed by atoms with Gasteiger partial charge in [-0.15, -0.1) is 11.8 Å². The summed E-state index contributed by atoms with van der Waals surface area (Å²) in [4.78, 5) is 258. The Morgan fingerprint density at radius 2 is 1.21 bits per heavy atom. The van der Waals surface area contributed by atoms with E-state index >= 15 is 4.79 Å². The van der Waals surface area contributed by atoms with Crippen molar-refractivity contribution >= 4 is 129 Å². The van der Waals surface area contributed by atoms with Gasteiger partial charge in [0.15, 0.2) is 0 Å². The number of nitrogen functional groups attached to an aromatic ring is 1. The maximum atomic E-state index is 15.0. The molecule has 4 fully saturated rings. The molecule has 5 aliphatic heterocycles. The summed E-state index contributed by atoms with van der Waals surface area (Å²) in [6.45, 7) is -1.43. The molecule has 12 atom stereocenters. The van der Waals surface area contributed by atoms with E-state index < -0.39 is 236 Å². The maximum absolute atomic E-state index is 15.0. The van der Waals surface area contributed by atoms with Gasteiger partial charge in [0.25, 0.3) is 0 Å². The fourth-order valence-electron chi connectivity index (χ4n) is 14.6. The number of thioether (sulfide) groups is 1. The number of phenolic OH excluding ortho intramolecular Hbond substituents is 1. The molecule has 0 aliphatic carbocycles. The standard InChI is InChI=1S/C77H111N19O22S/c1-4-5-19-56-72(113)88-51(33-65(104)105)69(110)91-55(67(108)82-36-60(80)99)41-119-42-63(102)87-52(30-43-22-24-45(97)25-23-43)76(117)94-28-13-10-20-58(94)73(114)90-54(34-66(106)107)77(118)95-29-14-21-57(95)70(111)83-38-62(101)86-50(18-8-11-26-78)75(116)96-39-46(98)32-59(96)71(112)84-37-61(100)85-49-17-9-12-27-81-35-44(47-15-6-7-16-48(47)79)31-53(89-68(49)109)74(115)92(2)40-64(103)93(56)3/h6-7,15-16,22-25,35,46,49-59,81,97-98H,4-5,8-14,17-21,26-34,36-42,78-79H2,1-3H3,(H2,80,99)(H,82,108)(H,83,111)(H,84,112)(H,85,100)(H,86,101)(H,87,102)(H,88,113)(H,89,109)(H,90,114)(H,91,110)(H,104,105)(H,106,107)/b44-35-/t46-,49+,50+,51+,52+,53+,54+,55+,56+,57+,58+,59+/m1/s1. The molecule has 41 nitrogen and oxygen atoms in total. The number of hydrogen-bond donors (Lipinski definition) is 18. The van der Waals surface area contributed by atoms with Gasteiger partial charge in [-0.25, -0.2) is 0 Å². The van der Waals surface area contributed by atoms with Gasteiger partial charge < -0.3 is 121 Å². The van der Waals surface area contributed by atoms with Crippen LogP contribution in [0.4, 0.5) is 5.69 Å². The van der Waals surface area contributed by atoms with Crippen molar-refractivity contribution in [3.05, 3.63) is 65.9 Å². The zero-order chi connectivity index (χ0) is 87.2. The predicted molar refractivity (Wildman–Crippen MR) is 428 cm³/mol. The monoisotopic (exact) mass is 1690 g/mol. The first kappa shape index (κ1) is 94.5. The van der Waals surface area contributed by atoms with Crippen LogP contribution in [0.5, 0.6) is 5.75 Å². The second-order valence-electron chi connectivity index (χ2n) is 30.0. The quantitative estimate of drug-likeness (QED) is 0.0519. The molecule has 4 saturated heterocycles. The Balaban J connectivity index is 1.22. The number of unbranched alkanes of at least 4 members (excludes halogenated alkanes) is 2. The number of nitrogens with zero attached hydrogens (tertiary/aromatic N) is 5. The van der Waals surface area contributed by atoms with Crippen LogP contribution in [0.15, 0.2) is 54.7 Å². The minimum atomic E-state index is -1.99. The molecule has 2 bridgehead atoms.